The molecule has 1 aromatic heterocycles. The molecular formula is C24H32N4OS. The predicted molar refractivity (Wildman–Crippen MR) is 124 cm³/mol. The summed E-state index contributed by atoms with van der Waals surface area (Å²) in [6, 6.07) is 8.23. The number of unbranched alkanes of at least 4 members (excludes halogenated alkanes) is 3. The van der Waals surface area contributed by atoms with E-state index < -0.39 is 0 Å². The van der Waals surface area contributed by atoms with Crippen LogP contribution in [0.1, 0.15) is 59.3 Å². The van der Waals surface area contributed by atoms with Crippen LogP contribution in [0, 0.1) is 11.8 Å². The molecule has 0 amide bonds. The van der Waals surface area contributed by atoms with Crippen molar-refractivity contribution < 1.29 is 4.74 Å². The molecule has 0 radical (unpaired) electrons. The van der Waals surface area contributed by atoms with Crippen molar-refractivity contribution in [1.82, 2.24) is 15.2 Å². The highest BCUT2D eigenvalue weighted by Gasteiger charge is 2.34. The van der Waals surface area contributed by atoms with E-state index in [1.54, 1.807) is 11.8 Å². The zero-order valence-electron chi connectivity index (χ0n) is 18.2. The van der Waals surface area contributed by atoms with Gasteiger partial charge in [-0.3, -0.25) is 0 Å². The Morgan fingerprint density at radius 3 is 2.87 bits per heavy atom. The van der Waals surface area contributed by atoms with E-state index in [0.29, 0.717) is 22.9 Å². The van der Waals surface area contributed by atoms with Crippen LogP contribution in [0.4, 0.5) is 5.69 Å². The van der Waals surface area contributed by atoms with Gasteiger partial charge in [0, 0.05) is 22.9 Å². The molecule has 6 heteroatoms. The Labute approximate surface area is 184 Å². The maximum Gasteiger partial charge on any atom is 0.247 e. The van der Waals surface area contributed by atoms with Crippen LogP contribution in [0.5, 0.6) is 5.88 Å². The SMILES string of the molecule is CCCCCCSc1nnc2c(n1)O[C@H]([C@H]1CC=C(C)C[C@H]1C)Nc1ccccc1-2. The summed E-state index contributed by atoms with van der Waals surface area (Å²) >= 11 is 1.67. The third-order valence-electron chi connectivity index (χ3n) is 6.09. The predicted octanol–water partition coefficient (Wildman–Crippen LogP) is 6.33. The van der Waals surface area contributed by atoms with Crippen LogP contribution < -0.4 is 10.1 Å². The highest BCUT2D eigenvalue weighted by Crippen LogP contribution is 2.40. The molecule has 1 N–H and O–H groups in total. The molecule has 0 fully saturated rings. The van der Waals surface area contributed by atoms with Crippen molar-refractivity contribution in [3.05, 3.63) is 35.9 Å². The van der Waals surface area contributed by atoms with Gasteiger partial charge in [-0.1, -0.05) is 74.7 Å². The molecule has 2 aliphatic rings. The summed E-state index contributed by atoms with van der Waals surface area (Å²) in [5.74, 6) is 2.54. The molecule has 1 aliphatic carbocycles. The summed E-state index contributed by atoms with van der Waals surface area (Å²) in [6.45, 7) is 6.77. The van der Waals surface area contributed by atoms with E-state index in [1.165, 1.54) is 31.3 Å². The number of aromatic nitrogens is 3. The van der Waals surface area contributed by atoms with Crippen molar-refractivity contribution in [2.45, 2.75) is 70.7 Å². The monoisotopic (exact) mass is 424 g/mol. The van der Waals surface area contributed by atoms with E-state index in [1.807, 2.05) is 12.1 Å². The lowest BCUT2D eigenvalue weighted by molar-refractivity contribution is 0.114. The Kier molecular flexibility index (Phi) is 6.93. The molecule has 1 aromatic carbocycles. The Balaban J connectivity index is 1.59. The van der Waals surface area contributed by atoms with E-state index in [4.69, 9.17) is 9.72 Å². The van der Waals surface area contributed by atoms with Gasteiger partial charge in [0.25, 0.3) is 0 Å². The Morgan fingerprint density at radius 1 is 1.17 bits per heavy atom. The van der Waals surface area contributed by atoms with Crippen LogP contribution in [0.25, 0.3) is 11.3 Å². The maximum atomic E-state index is 6.50. The van der Waals surface area contributed by atoms with Crippen molar-refractivity contribution >= 4 is 17.4 Å². The van der Waals surface area contributed by atoms with Crippen LogP contribution in [0.3, 0.4) is 0 Å². The number of para-hydroxylation sites is 1. The van der Waals surface area contributed by atoms with Crippen LogP contribution in [-0.4, -0.2) is 27.2 Å². The lowest BCUT2D eigenvalue weighted by Gasteiger charge is -2.34. The summed E-state index contributed by atoms with van der Waals surface area (Å²) in [5, 5.41) is 13.3. The van der Waals surface area contributed by atoms with Gasteiger partial charge in [-0.15, -0.1) is 10.2 Å². The molecule has 0 spiro atoms. The smallest absolute Gasteiger partial charge is 0.247 e. The summed E-state index contributed by atoms with van der Waals surface area (Å²) in [6.07, 6.45) is 9.31. The van der Waals surface area contributed by atoms with Gasteiger partial charge in [0.2, 0.25) is 11.0 Å². The molecule has 0 saturated heterocycles. The van der Waals surface area contributed by atoms with Gasteiger partial charge >= 0.3 is 0 Å². The molecule has 0 unspecified atom stereocenters. The van der Waals surface area contributed by atoms with Crippen LogP contribution in [0.15, 0.2) is 41.1 Å². The lowest BCUT2D eigenvalue weighted by atomic mass is 9.80. The van der Waals surface area contributed by atoms with E-state index in [2.05, 4.69) is 54.5 Å². The zero-order valence-corrected chi connectivity index (χ0v) is 19.0. The van der Waals surface area contributed by atoms with Gasteiger partial charge < -0.3 is 10.1 Å². The van der Waals surface area contributed by atoms with E-state index in [0.717, 1.165) is 35.5 Å². The highest BCUT2D eigenvalue weighted by molar-refractivity contribution is 7.99. The fourth-order valence-corrected chi connectivity index (χ4v) is 5.13. The standard InChI is InChI=1S/C24H32N4OS/c1-4-5-6-9-14-30-24-26-23-21(27-28-24)19-10-7-8-11-20(19)25-22(29-23)18-13-12-16(2)15-17(18)3/h7-8,10-12,17-18,22,25H,4-6,9,13-15H2,1-3H3/t17-,18+,22-/m1/s1. The number of hydrogen-bond acceptors (Lipinski definition) is 6. The first kappa shape index (κ1) is 21.2. The molecular weight excluding hydrogens is 392 g/mol. The third kappa shape index (κ3) is 4.80. The number of thioether (sulfide) groups is 1. The summed E-state index contributed by atoms with van der Waals surface area (Å²) in [4.78, 5) is 4.79. The first-order valence-electron chi connectivity index (χ1n) is 11.2. The quantitative estimate of drug-likeness (QED) is 0.318. The van der Waals surface area contributed by atoms with E-state index in [9.17, 15) is 0 Å². The topological polar surface area (TPSA) is 59.9 Å². The minimum atomic E-state index is -0.133. The number of nitrogens with zero attached hydrogens (tertiary/aromatic N) is 3. The molecule has 0 saturated carbocycles. The molecule has 4 rings (SSSR count). The molecule has 1 aliphatic heterocycles. The van der Waals surface area contributed by atoms with E-state index in [-0.39, 0.29) is 6.23 Å². The number of rotatable bonds is 7. The number of fused-ring (bicyclic) bond motifs is 3. The fourth-order valence-electron chi connectivity index (χ4n) is 4.35. The number of allylic oxidation sites excluding steroid dienone is 2. The van der Waals surface area contributed by atoms with Crippen LogP contribution >= 0.6 is 11.8 Å². The highest BCUT2D eigenvalue weighted by atomic mass is 32.2. The van der Waals surface area contributed by atoms with Gasteiger partial charge in [-0.2, -0.15) is 4.98 Å². The van der Waals surface area contributed by atoms with Gasteiger partial charge in [-0.05, 0) is 38.2 Å². The van der Waals surface area contributed by atoms with E-state index >= 15 is 0 Å². The average Bonchev–Trinajstić information content (AvgIpc) is 2.90. The fraction of sp³-hybridized carbons (Fsp3) is 0.542. The maximum absolute atomic E-state index is 6.50. The van der Waals surface area contributed by atoms with Crippen molar-refractivity contribution in [3.8, 4) is 17.1 Å². The van der Waals surface area contributed by atoms with Crippen molar-refractivity contribution in [2.75, 3.05) is 11.1 Å². The number of anilines is 1. The molecule has 0 bridgehead atoms. The normalized spacial score (nSPS) is 22.8. The van der Waals surface area contributed by atoms with Crippen LogP contribution in [-0.2, 0) is 0 Å². The first-order valence-corrected chi connectivity index (χ1v) is 12.2. The third-order valence-corrected chi connectivity index (χ3v) is 7.01. The second-order valence-corrected chi connectivity index (χ2v) is 9.58. The summed E-state index contributed by atoms with van der Waals surface area (Å²) in [5.41, 5.74) is 4.24. The Hall–Kier alpha value is -2.08. The number of benzene rings is 1. The molecule has 30 heavy (non-hydrogen) atoms. The van der Waals surface area contributed by atoms with Gasteiger partial charge in [0.1, 0.15) is 0 Å². The molecule has 5 nitrogen and oxygen atoms in total. The number of hydrogen-bond donors (Lipinski definition) is 1. The molecule has 3 atom stereocenters. The summed E-state index contributed by atoms with van der Waals surface area (Å²) in [7, 11) is 0. The zero-order chi connectivity index (χ0) is 20.9. The van der Waals surface area contributed by atoms with Crippen molar-refractivity contribution in [1.29, 1.82) is 0 Å². The number of ether oxygens (including phenoxy) is 1. The molecule has 2 aromatic rings. The second kappa shape index (κ2) is 9.82. The molecule has 160 valence electrons. The largest absolute Gasteiger partial charge is 0.452 e. The average molecular weight is 425 g/mol. The van der Waals surface area contributed by atoms with Gasteiger partial charge in [0.15, 0.2) is 11.9 Å². The molecule has 2 heterocycles. The van der Waals surface area contributed by atoms with Crippen molar-refractivity contribution in [3.63, 3.8) is 0 Å². The Morgan fingerprint density at radius 2 is 2.03 bits per heavy atom. The second-order valence-electron chi connectivity index (χ2n) is 8.52. The minimum absolute atomic E-state index is 0.133. The van der Waals surface area contributed by atoms with Gasteiger partial charge in [-0.25, -0.2) is 0 Å². The minimum Gasteiger partial charge on any atom is -0.452 e. The first-order chi connectivity index (χ1) is 14.7. The lowest BCUT2D eigenvalue weighted by Crippen LogP contribution is -2.39. The Bertz CT molecular complexity index is 901. The van der Waals surface area contributed by atoms with Gasteiger partial charge in [0.05, 0.1) is 0 Å². The number of nitrogens with one attached hydrogen (secondary N) is 1. The van der Waals surface area contributed by atoms with Crippen molar-refractivity contribution in [2.24, 2.45) is 11.8 Å². The summed E-state index contributed by atoms with van der Waals surface area (Å²) < 4.78 is 6.50. The van der Waals surface area contributed by atoms with Crippen LogP contribution in [0.2, 0.25) is 0 Å².